The molecule has 95 heavy (non-hydrogen) atoms. The summed E-state index contributed by atoms with van der Waals surface area (Å²) >= 11 is 0. The Morgan fingerprint density at radius 2 is 0.621 bits per heavy atom. The van der Waals surface area contributed by atoms with Crippen molar-refractivity contribution in [3.05, 3.63) is 370 Å². The van der Waals surface area contributed by atoms with Gasteiger partial charge < -0.3 is 4.57 Å². The average molecular weight is 1240 g/mol. The van der Waals surface area contributed by atoms with Crippen molar-refractivity contribution in [3.8, 4) is 39.8 Å². The Balaban J connectivity index is 0.912. The van der Waals surface area contributed by atoms with E-state index in [-0.39, 0.29) is 0 Å². The predicted octanol–water partition coefficient (Wildman–Crippen LogP) is 15.9. The first-order valence-corrected chi connectivity index (χ1v) is 36.6. The molecule has 0 unspecified atom stereocenters. The average Bonchev–Trinajstić information content (AvgIpc) is 1.58. The van der Waals surface area contributed by atoms with Crippen LogP contribution < -0.4 is 41.5 Å². The monoisotopic (exact) mass is 1240 g/mol. The number of para-hydroxylation sites is 4. The Hall–Kier alpha value is -12.0. The van der Waals surface area contributed by atoms with Gasteiger partial charge in [-0.25, -0.2) is 4.98 Å². The standard InChI is InChI=1S/C88H61N5Si2/c1-8-29-62(30-9-1)64-31-28-44-72(59-64)95(69-40-18-6-19-41-69,70-42-20-7-21-43-70)71-53-51-63(52-54-71)79-61-85(90-88(89-79)93-81-49-26-22-45-74(81)76-56-58-84-86(87(76)93)77-47-24-27-50-82(77)91(84)65-32-10-2-11-33-65)92-80-48-25-23-46-75(80)78-60-73(55-57-83(78)92)94(66-34-12-3-13-35-66,67-36-14-4-15-37-67)68-38-16-5-17-39-68/h1-61H. The number of nitrogens with zero attached hydrogens (tertiary/aromatic N) is 5. The molecule has 446 valence electrons. The van der Waals surface area contributed by atoms with Crippen LogP contribution in [0.4, 0.5) is 0 Å². The van der Waals surface area contributed by atoms with Gasteiger partial charge >= 0.3 is 0 Å². The SMILES string of the molecule is c1ccc(-c2cccc([Si](c3ccccc3)(c3ccccc3)c3ccc(-c4cc(-n5c6ccccc6c6cc([Si](c7ccccc7)(c7ccccc7)c7ccccc7)ccc65)nc(-n5c6ccccc6c6ccc7c(c8ccccc8n7-c7ccccc7)c65)n4)cc3)c2)cc1. The molecule has 0 saturated carbocycles. The minimum Gasteiger partial charge on any atom is -0.309 e. The number of benzene rings is 14. The molecule has 0 saturated heterocycles. The fourth-order valence-electron chi connectivity index (χ4n) is 15.7. The van der Waals surface area contributed by atoms with Crippen LogP contribution in [0, 0.1) is 0 Å². The molecular weight excluding hydrogens is 1180 g/mol. The van der Waals surface area contributed by atoms with Crippen molar-refractivity contribution in [2.24, 2.45) is 0 Å². The van der Waals surface area contributed by atoms with Crippen molar-refractivity contribution >= 4 is 123 Å². The number of fused-ring (bicyclic) bond motifs is 10. The van der Waals surface area contributed by atoms with Gasteiger partial charge in [0.1, 0.15) is 5.82 Å². The van der Waals surface area contributed by atoms with E-state index in [1.54, 1.807) is 0 Å². The largest absolute Gasteiger partial charge is 0.309 e. The van der Waals surface area contributed by atoms with Crippen LogP contribution in [0.5, 0.6) is 0 Å². The molecule has 0 spiro atoms. The van der Waals surface area contributed by atoms with Crippen LogP contribution in [-0.4, -0.2) is 39.8 Å². The van der Waals surface area contributed by atoms with Gasteiger partial charge in [-0.3, -0.25) is 9.13 Å². The summed E-state index contributed by atoms with van der Waals surface area (Å²) in [5, 5.41) is 17.4. The molecule has 18 aromatic rings. The lowest BCUT2D eigenvalue weighted by atomic mass is 10.1. The second-order valence-electron chi connectivity index (χ2n) is 24.7. The number of hydrogen-bond acceptors (Lipinski definition) is 2. The van der Waals surface area contributed by atoms with Crippen LogP contribution >= 0.6 is 0 Å². The first-order chi connectivity index (χ1) is 47.1. The van der Waals surface area contributed by atoms with Gasteiger partial charge in [0.2, 0.25) is 5.95 Å². The second-order valence-corrected chi connectivity index (χ2v) is 32.4. The lowest BCUT2D eigenvalue weighted by Crippen LogP contribution is -2.74. The van der Waals surface area contributed by atoms with Gasteiger partial charge in [0.25, 0.3) is 0 Å². The van der Waals surface area contributed by atoms with Crippen LogP contribution in [0.2, 0.25) is 0 Å². The second kappa shape index (κ2) is 23.0. The molecule has 4 heterocycles. The highest BCUT2D eigenvalue weighted by atomic mass is 28.3. The van der Waals surface area contributed by atoms with Gasteiger partial charge in [0, 0.05) is 49.6 Å². The lowest BCUT2D eigenvalue weighted by molar-refractivity contribution is 0.953. The van der Waals surface area contributed by atoms with E-state index < -0.39 is 16.1 Å². The van der Waals surface area contributed by atoms with E-state index in [1.807, 2.05) is 0 Å². The van der Waals surface area contributed by atoms with E-state index in [9.17, 15) is 0 Å². The maximum atomic E-state index is 5.94. The topological polar surface area (TPSA) is 40.6 Å². The molecule has 4 aromatic heterocycles. The molecule has 0 aliphatic rings. The summed E-state index contributed by atoms with van der Waals surface area (Å²) in [7, 11) is -5.94. The van der Waals surface area contributed by atoms with Gasteiger partial charge in [-0.15, -0.1) is 0 Å². The number of rotatable bonds is 13. The summed E-state index contributed by atoms with van der Waals surface area (Å²) in [5.74, 6) is 1.35. The van der Waals surface area contributed by atoms with Gasteiger partial charge in [-0.1, -0.05) is 322 Å². The van der Waals surface area contributed by atoms with Gasteiger partial charge in [-0.05, 0) is 95.1 Å². The predicted molar refractivity (Wildman–Crippen MR) is 403 cm³/mol. The third kappa shape index (κ3) is 8.89. The first-order valence-electron chi connectivity index (χ1n) is 32.6. The lowest BCUT2D eigenvalue weighted by Gasteiger charge is -2.34. The zero-order valence-corrected chi connectivity index (χ0v) is 54.0. The summed E-state index contributed by atoms with van der Waals surface area (Å²) in [6.07, 6.45) is 0. The molecular formula is C88H61N5Si2. The summed E-state index contributed by atoms with van der Waals surface area (Å²) in [6, 6.07) is 137. The quantitative estimate of drug-likeness (QED) is 0.0853. The third-order valence-electron chi connectivity index (χ3n) is 19.8. The molecule has 0 atom stereocenters. The van der Waals surface area contributed by atoms with Crippen molar-refractivity contribution in [2.45, 2.75) is 0 Å². The Labute approximate surface area is 553 Å². The van der Waals surface area contributed by atoms with E-state index in [2.05, 4.69) is 384 Å². The van der Waals surface area contributed by atoms with Crippen LogP contribution in [-0.2, 0) is 0 Å². The van der Waals surface area contributed by atoms with Crippen molar-refractivity contribution in [2.75, 3.05) is 0 Å². The highest BCUT2D eigenvalue weighted by Crippen LogP contribution is 2.43. The number of hydrogen-bond donors (Lipinski definition) is 0. The van der Waals surface area contributed by atoms with E-state index in [4.69, 9.17) is 9.97 Å². The Bertz CT molecular complexity index is 5740. The summed E-state index contributed by atoms with van der Waals surface area (Å²) in [4.78, 5) is 11.8. The van der Waals surface area contributed by atoms with Crippen LogP contribution in [0.1, 0.15) is 0 Å². The Morgan fingerprint density at radius 3 is 1.18 bits per heavy atom. The molecule has 7 heteroatoms. The smallest absolute Gasteiger partial charge is 0.237 e. The molecule has 0 amide bonds. The molecule has 5 nitrogen and oxygen atoms in total. The van der Waals surface area contributed by atoms with E-state index in [0.29, 0.717) is 5.95 Å². The summed E-state index contributed by atoms with van der Waals surface area (Å²) < 4.78 is 7.14. The molecule has 0 bridgehead atoms. The maximum Gasteiger partial charge on any atom is 0.237 e. The van der Waals surface area contributed by atoms with Crippen LogP contribution in [0.25, 0.3) is 105 Å². The molecule has 0 aliphatic heterocycles. The Morgan fingerprint density at radius 1 is 0.221 bits per heavy atom. The summed E-state index contributed by atoms with van der Waals surface area (Å²) in [5.41, 5.74) is 11.7. The summed E-state index contributed by atoms with van der Waals surface area (Å²) in [6.45, 7) is 0. The highest BCUT2D eigenvalue weighted by Gasteiger charge is 2.43. The van der Waals surface area contributed by atoms with Gasteiger partial charge in [0.05, 0.1) is 38.8 Å². The highest BCUT2D eigenvalue weighted by molar-refractivity contribution is 7.20. The third-order valence-corrected chi connectivity index (χ3v) is 29.3. The van der Waals surface area contributed by atoms with E-state index >= 15 is 0 Å². The van der Waals surface area contributed by atoms with Gasteiger partial charge in [-0.2, -0.15) is 4.98 Å². The molecule has 0 N–H and O–H groups in total. The fourth-order valence-corrected chi connectivity index (χ4v) is 25.2. The van der Waals surface area contributed by atoms with Crippen molar-refractivity contribution in [1.82, 2.24) is 23.7 Å². The normalized spacial score (nSPS) is 12.0. The minimum absolute atomic E-state index is 0.582. The van der Waals surface area contributed by atoms with Gasteiger partial charge in [0.15, 0.2) is 16.1 Å². The number of aromatic nitrogens is 5. The van der Waals surface area contributed by atoms with Crippen molar-refractivity contribution < 1.29 is 0 Å². The zero-order valence-electron chi connectivity index (χ0n) is 52.0. The maximum absolute atomic E-state index is 5.94. The van der Waals surface area contributed by atoms with Crippen molar-refractivity contribution in [1.29, 1.82) is 0 Å². The molecule has 18 rings (SSSR count). The Kier molecular flexibility index (Phi) is 13.5. The molecule has 0 aliphatic carbocycles. The van der Waals surface area contributed by atoms with Crippen LogP contribution in [0.3, 0.4) is 0 Å². The van der Waals surface area contributed by atoms with Crippen LogP contribution in [0.15, 0.2) is 370 Å². The minimum atomic E-state index is -3.01. The fraction of sp³-hybridized carbons (Fsp3) is 0. The van der Waals surface area contributed by atoms with Crippen molar-refractivity contribution in [3.63, 3.8) is 0 Å². The molecule has 0 radical (unpaired) electrons. The zero-order chi connectivity index (χ0) is 62.9. The molecule has 0 fully saturated rings. The van der Waals surface area contributed by atoms with E-state index in [0.717, 1.165) is 88.2 Å². The first kappa shape index (κ1) is 55.8. The molecule has 14 aromatic carbocycles. The van der Waals surface area contributed by atoms with E-state index in [1.165, 1.54) is 52.6 Å².